The van der Waals surface area contributed by atoms with Gasteiger partial charge in [0.1, 0.15) is 36.6 Å². The van der Waals surface area contributed by atoms with Crippen LogP contribution in [0.2, 0.25) is 0 Å². The Balaban J connectivity index is 1.09. The number of hydrogen-bond donors (Lipinski definition) is 0. The molecule has 2 fully saturated rings. The van der Waals surface area contributed by atoms with Gasteiger partial charge in [0, 0.05) is 5.41 Å². The molecule has 44 heavy (non-hydrogen) atoms. The molecule has 0 amide bonds. The van der Waals surface area contributed by atoms with Crippen molar-refractivity contribution in [2.24, 2.45) is 17.3 Å². The zero-order chi connectivity index (χ0) is 30.7. The lowest BCUT2D eigenvalue weighted by atomic mass is 9.55. The van der Waals surface area contributed by atoms with E-state index in [-0.39, 0.29) is 23.5 Å². The third-order valence-electron chi connectivity index (χ3n) is 9.99. The molecule has 0 saturated heterocycles. The summed E-state index contributed by atoms with van der Waals surface area (Å²) in [4.78, 5) is 25.9. The summed E-state index contributed by atoms with van der Waals surface area (Å²) in [7, 11) is 0. The van der Waals surface area contributed by atoms with E-state index in [2.05, 4.69) is 26.1 Å². The van der Waals surface area contributed by atoms with Crippen LogP contribution in [0.15, 0.2) is 92.0 Å². The highest BCUT2D eigenvalue weighted by Crippen LogP contribution is 2.61. The van der Waals surface area contributed by atoms with Crippen LogP contribution in [0.5, 0.6) is 17.2 Å². The van der Waals surface area contributed by atoms with Crippen molar-refractivity contribution >= 4 is 11.9 Å². The number of benzene rings is 3. The number of ether oxygens (including phenoxy) is 4. The molecule has 0 aromatic heterocycles. The third kappa shape index (κ3) is 5.90. The fraction of sp³-hybridized carbons (Fsp3) is 0.368. The molecule has 0 bridgehead atoms. The SMILES string of the molecule is C=CCOc1ccc(C(=O)Oc2ccc3c(c2)CC[C@@H]2[C@@H]3CC[C@]3(C)C(OC(=O)c4ccc(OCC=C)cc4)CC[C@@H]23)cc1. The third-order valence-corrected chi connectivity index (χ3v) is 9.99. The fourth-order valence-corrected chi connectivity index (χ4v) is 7.82. The second-order valence-electron chi connectivity index (χ2n) is 12.4. The lowest BCUT2D eigenvalue weighted by Gasteiger charge is -2.50. The van der Waals surface area contributed by atoms with Crippen LogP contribution in [0.4, 0.5) is 0 Å². The van der Waals surface area contributed by atoms with Crippen molar-refractivity contribution in [3.8, 4) is 17.2 Å². The monoisotopic (exact) mass is 592 g/mol. The first-order valence-corrected chi connectivity index (χ1v) is 15.6. The Hall–Kier alpha value is -4.32. The molecule has 3 aliphatic carbocycles. The van der Waals surface area contributed by atoms with Gasteiger partial charge in [0.25, 0.3) is 0 Å². The Morgan fingerprint density at radius 2 is 1.41 bits per heavy atom. The maximum Gasteiger partial charge on any atom is 0.343 e. The van der Waals surface area contributed by atoms with Crippen LogP contribution >= 0.6 is 0 Å². The molecular formula is C38H40O6. The lowest BCUT2D eigenvalue weighted by Crippen LogP contribution is -2.45. The number of fused-ring (bicyclic) bond motifs is 5. The highest BCUT2D eigenvalue weighted by molar-refractivity contribution is 5.91. The molecule has 0 radical (unpaired) electrons. The minimum absolute atomic E-state index is 0.0247. The Morgan fingerprint density at radius 3 is 2.05 bits per heavy atom. The summed E-state index contributed by atoms with van der Waals surface area (Å²) in [5.74, 6) is 2.86. The quantitative estimate of drug-likeness (QED) is 0.135. The largest absolute Gasteiger partial charge is 0.490 e. The number of carbonyl (C=O) groups is 2. The van der Waals surface area contributed by atoms with Gasteiger partial charge in [-0.25, -0.2) is 9.59 Å². The van der Waals surface area contributed by atoms with E-state index in [9.17, 15) is 9.59 Å². The van der Waals surface area contributed by atoms with Crippen molar-refractivity contribution in [1.29, 1.82) is 0 Å². The first-order chi connectivity index (χ1) is 21.4. The van der Waals surface area contributed by atoms with Gasteiger partial charge in [0.05, 0.1) is 11.1 Å². The van der Waals surface area contributed by atoms with Gasteiger partial charge in [-0.3, -0.25) is 0 Å². The van der Waals surface area contributed by atoms with Crippen LogP contribution in [0, 0.1) is 17.3 Å². The highest BCUT2D eigenvalue weighted by atomic mass is 16.5. The predicted octanol–water partition coefficient (Wildman–Crippen LogP) is 8.12. The fourth-order valence-electron chi connectivity index (χ4n) is 7.82. The van der Waals surface area contributed by atoms with Crippen molar-refractivity contribution in [2.45, 2.75) is 57.5 Å². The Bertz CT molecular complexity index is 1520. The van der Waals surface area contributed by atoms with Gasteiger partial charge in [-0.1, -0.05) is 38.3 Å². The molecule has 0 N–H and O–H groups in total. The van der Waals surface area contributed by atoms with E-state index in [1.807, 2.05) is 12.1 Å². The van der Waals surface area contributed by atoms with Crippen LogP contribution in [-0.2, 0) is 11.2 Å². The summed E-state index contributed by atoms with van der Waals surface area (Å²) in [5.41, 5.74) is 3.66. The zero-order valence-corrected chi connectivity index (χ0v) is 25.3. The Labute approximate surface area is 259 Å². The van der Waals surface area contributed by atoms with Gasteiger partial charge < -0.3 is 18.9 Å². The van der Waals surface area contributed by atoms with E-state index in [1.165, 1.54) is 11.1 Å². The number of carbonyl (C=O) groups excluding carboxylic acids is 2. The second kappa shape index (κ2) is 12.7. The van der Waals surface area contributed by atoms with Crippen LogP contribution in [0.25, 0.3) is 0 Å². The summed E-state index contributed by atoms with van der Waals surface area (Å²) in [6.07, 6.45) is 9.40. The summed E-state index contributed by atoms with van der Waals surface area (Å²) >= 11 is 0. The van der Waals surface area contributed by atoms with E-state index >= 15 is 0 Å². The van der Waals surface area contributed by atoms with Crippen molar-refractivity contribution in [3.63, 3.8) is 0 Å². The maximum absolute atomic E-state index is 13.1. The van der Waals surface area contributed by atoms with Gasteiger partial charge in [-0.05, 0) is 128 Å². The topological polar surface area (TPSA) is 71.1 Å². The highest BCUT2D eigenvalue weighted by Gasteiger charge is 2.56. The average Bonchev–Trinajstić information content (AvgIpc) is 3.38. The normalized spacial score (nSPS) is 25.0. The summed E-state index contributed by atoms with van der Waals surface area (Å²) in [6, 6.07) is 20.2. The molecule has 5 atom stereocenters. The molecule has 6 heteroatoms. The van der Waals surface area contributed by atoms with Gasteiger partial charge >= 0.3 is 11.9 Å². The molecule has 228 valence electrons. The van der Waals surface area contributed by atoms with Crippen LogP contribution in [0.1, 0.15) is 76.8 Å². The van der Waals surface area contributed by atoms with Crippen LogP contribution in [-0.4, -0.2) is 31.3 Å². The van der Waals surface area contributed by atoms with Crippen LogP contribution < -0.4 is 14.2 Å². The van der Waals surface area contributed by atoms with Crippen molar-refractivity contribution in [3.05, 3.63) is 114 Å². The standard InChI is InChI=1S/C38H40O6/c1-4-22-41-28-11-6-25(7-12-28)36(39)43-30-15-17-31-27(24-30)10-16-33-32(31)20-21-38(3)34(33)18-19-35(38)44-37(40)26-8-13-29(14-9-26)42-23-5-2/h4-9,11-15,17,24,32-35H,1-2,10,16,18-23H2,3H3/t32-,33-,34+,35?,38+/m1/s1. The Kier molecular flexibility index (Phi) is 8.60. The molecule has 3 aliphatic rings. The molecule has 3 aromatic rings. The zero-order valence-electron chi connectivity index (χ0n) is 25.3. The maximum atomic E-state index is 13.1. The first-order valence-electron chi connectivity index (χ1n) is 15.6. The minimum Gasteiger partial charge on any atom is -0.490 e. The van der Waals surface area contributed by atoms with Gasteiger partial charge in [0.15, 0.2) is 0 Å². The van der Waals surface area contributed by atoms with Crippen molar-refractivity contribution in [2.75, 3.05) is 13.2 Å². The van der Waals surface area contributed by atoms with Crippen molar-refractivity contribution in [1.82, 2.24) is 0 Å². The predicted molar refractivity (Wildman–Crippen MR) is 169 cm³/mol. The molecule has 6 nitrogen and oxygen atoms in total. The minimum atomic E-state index is -0.383. The number of aryl methyl sites for hydroxylation is 1. The van der Waals surface area contributed by atoms with Gasteiger partial charge in [-0.2, -0.15) is 0 Å². The van der Waals surface area contributed by atoms with E-state index in [1.54, 1.807) is 60.7 Å². The van der Waals surface area contributed by atoms with E-state index < -0.39 is 0 Å². The summed E-state index contributed by atoms with van der Waals surface area (Å²) in [5, 5.41) is 0. The second-order valence-corrected chi connectivity index (χ2v) is 12.4. The van der Waals surface area contributed by atoms with E-state index in [4.69, 9.17) is 18.9 Å². The molecule has 0 heterocycles. The van der Waals surface area contributed by atoms with Gasteiger partial charge in [-0.15, -0.1) is 0 Å². The first kappa shape index (κ1) is 29.7. The molecule has 1 unspecified atom stereocenters. The molecule has 0 spiro atoms. The van der Waals surface area contributed by atoms with E-state index in [0.717, 1.165) is 38.5 Å². The number of rotatable bonds is 10. The lowest BCUT2D eigenvalue weighted by molar-refractivity contribution is -0.0427. The van der Waals surface area contributed by atoms with E-state index in [0.29, 0.717) is 59.3 Å². The molecule has 0 aliphatic heterocycles. The van der Waals surface area contributed by atoms with Crippen molar-refractivity contribution < 1.29 is 28.5 Å². The average molecular weight is 593 g/mol. The number of hydrogen-bond acceptors (Lipinski definition) is 6. The molecule has 6 rings (SSSR count). The summed E-state index contributed by atoms with van der Waals surface area (Å²) in [6.45, 7) is 10.5. The molecular weight excluding hydrogens is 552 g/mol. The smallest absolute Gasteiger partial charge is 0.343 e. The number of esters is 2. The molecule has 2 saturated carbocycles. The van der Waals surface area contributed by atoms with Gasteiger partial charge in [0.2, 0.25) is 0 Å². The van der Waals surface area contributed by atoms with Crippen LogP contribution in [0.3, 0.4) is 0 Å². The summed E-state index contributed by atoms with van der Waals surface area (Å²) < 4.78 is 23.0. The Morgan fingerprint density at radius 1 is 0.795 bits per heavy atom. The molecule has 3 aromatic carbocycles.